The Morgan fingerprint density at radius 3 is 2.52 bits per heavy atom. The molecule has 0 bridgehead atoms. The van der Waals surface area contributed by atoms with E-state index in [2.05, 4.69) is 10.6 Å². The van der Waals surface area contributed by atoms with Gasteiger partial charge >= 0.3 is 6.09 Å². The molecule has 142 valence electrons. The Morgan fingerprint density at radius 2 is 2.00 bits per heavy atom. The highest BCUT2D eigenvalue weighted by atomic mass is 16.6. The van der Waals surface area contributed by atoms with Crippen molar-refractivity contribution < 1.29 is 23.9 Å². The number of carbonyl (C=O) groups is 4. The van der Waals surface area contributed by atoms with Gasteiger partial charge in [0.25, 0.3) is 0 Å². The molecule has 9 heteroatoms. The lowest BCUT2D eigenvalue weighted by Gasteiger charge is -2.27. The molecule has 25 heavy (non-hydrogen) atoms. The highest BCUT2D eigenvalue weighted by Gasteiger charge is 2.39. The molecule has 4 N–H and O–H groups in total. The van der Waals surface area contributed by atoms with Gasteiger partial charge in [-0.3, -0.25) is 14.4 Å². The third kappa shape index (κ3) is 6.60. The SMILES string of the molecule is CCC[C@@H](C(=O)NCC(N)=O)N1CC[C@@H](NC(=O)OC(C)(C)C)C1=O. The van der Waals surface area contributed by atoms with E-state index in [0.717, 1.165) is 0 Å². The van der Waals surface area contributed by atoms with Crippen LogP contribution in [0.2, 0.25) is 0 Å². The number of hydrogen-bond acceptors (Lipinski definition) is 5. The van der Waals surface area contributed by atoms with Crippen molar-refractivity contribution in [3.05, 3.63) is 0 Å². The van der Waals surface area contributed by atoms with Gasteiger partial charge in [0, 0.05) is 6.54 Å². The van der Waals surface area contributed by atoms with Gasteiger partial charge in [-0.25, -0.2) is 4.79 Å². The van der Waals surface area contributed by atoms with Gasteiger partial charge in [-0.15, -0.1) is 0 Å². The van der Waals surface area contributed by atoms with Gasteiger partial charge in [-0.05, 0) is 33.6 Å². The van der Waals surface area contributed by atoms with Crippen LogP contribution >= 0.6 is 0 Å². The lowest BCUT2D eigenvalue weighted by molar-refractivity contribution is -0.139. The van der Waals surface area contributed by atoms with E-state index in [4.69, 9.17) is 10.5 Å². The summed E-state index contributed by atoms with van der Waals surface area (Å²) in [7, 11) is 0. The highest BCUT2D eigenvalue weighted by molar-refractivity contribution is 5.93. The minimum atomic E-state index is -0.724. The molecule has 0 aliphatic carbocycles. The summed E-state index contributed by atoms with van der Waals surface area (Å²) in [4.78, 5) is 48.9. The summed E-state index contributed by atoms with van der Waals surface area (Å²) >= 11 is 0. The molecule has 0 saturated carbocycles. The third-order valence-electron chi connectivity index (χ3n) is 3.61. The number of carbonyl (C=O) groups excluding carboxylic acids is 4. The average Bonchev–Trinajstić information content (AvgIpc) is 2.81. The Hall–Kier alpha value is -2.32. The zero-order valence-corrected chi connectivity index (χ0v) is 15.3. The zero-order chi connectivity index (χ0) is 19.2. The summed E-state index contributed by atoms with van der Waals surface area (Å²) in [5.74, 6) is -1.41. The topological polar surface area (TPSA) is 131 Å². The van der Waals surface area contributed by atoms with Crippen LogP contribution in [-0.2, 0) is 19.1 Å². The molecule has 1 fully saturated rings. The van der Waals surface area contributed by atoms with Crippen LogP contribution in [0.4, 0.5) is 4.79 Å². The van der Waals surface area contributed by atoms with Gasteiger partial charge in [0.05, 0.1) is 6.54 Å². The van der Waals surface area contributed by atoms with Crippen LogP contribution in [0.5, 0.6) is 0 Å². The molecule has 0 unspecified atom stereocenters. The van der Waals surface area contributed by atoms with Crippen LogP contribution in [0.1, 0.15) is 47.0 Å². The summed E-state index contributed by atoms with van der Waals surface area (Å²) in [5, 5.41) is 4.97. The fraction of sp³-hybridized carbons (Fsp3) is 0.750. The van der Waals surface area contributed by atoms with Crippen LogP contribution in [0.3, 0.4) is 0 Å². The summed E-state index contributed by atoms with van der Waals surface area (Å²) < 4.78 is 5.15. The van der Waals surface area contributed by atoms with Crippen molar-refractivity contribution in [2.24, 2.45) is 5.73 Å². The second-order valence-corrected chi connectivity index (χ2v) is 7.01. The molecule has 0 aromatic carbocycles. The number of nitrogens with two attached hydrogens (primary N) is 1. The molecule has 1 heterocycles. The van der Waals surface area contributed by atoms with Crippen LogP contribution in [0, 0.1) is 0 Å². The second kappa shape index (κ2) is 8.68. The Kier molecular flexibility index (Phi) is 7.20. The second-order valence-electron chi connectivity index (χ2n) is 7.01. The average molecular weight is 356 g/mol. The fourth-order valence-corrected chi connectivity index (χ4v) is 2.59. The maximum Gasteiger partial charge on any atom is 0.408 e. The first-order chi connectivity index (χ1) is 11.5. The number of likely N-dealkylation sites (tertiary alicyclic amines) is 1. The van der Waals surface area contributed by atoms with Gasteiger partial charge in [-0.2, -0.15) is 0 Å². The first-order valence-electron chi connectivity index (χ1n) is 8.41. The number of ether oxygens (including phenoxy) is 1. The van der Waals surface area contributed by atoms with E-state index in [1.807, 2.05) is 6.92 Å². The molecule has 0 aromatic heterocycles. The standard InChI is InChI=1S/C16H28N4O5/c1-5-6-11(13(22)18-9-12(17)21)20-8-7-10(14(20)23)19-15(24)25-16(2,3)4/h10-11H,5-9H2,1-4H3,(H2,17,21)(H,18,22)(H,19,24)/t10-,11+/m1/s1. The predicted molar refractivity (Wildman–Crippen MR) is 90.4 cm³/mol. The fourth-order valence-electron chi connectivity index (χ4n) is 2.59. The van der Waals surface area contributed by atoms with E-state index in [1.54, 1.807) is 20.8 Å². The Morgan fingerprint density at radius 1 is 1.36 bits per heavy atom. The van der Waals surface area contributed by atoms with Gasteiger partial charge in [0.1, 0.15) is 17.7 Å². The van der Waals surface area contributed by atoms with E-state index >= 15 is 0 Å². The number of primary amides is 1. The largest absolute Gasteiger partial charge is 0.444 e. The molecular weight excluding hydrogens is 328 g/mol. The van der Waals surface area contributed by atoms with E-state index in [1.165, 1.54) is 4.90 Å². The number of amides is 4. The smallest absolute Gasteiger partial charge is 0.408 e. The number of nitrogens with zero attached hydrogens (tertiary/aromatic N) is 1. The number of alkyl carbamates (subject to hydrolysis) is 1. The molecule has 9 nitrogen and oxygen atoms in total. The third-order valence-corrected chi connectivity index (χ3v) is 3.61. The molecule has 0 spiro atoms. The molecule has 1 rings (SSSR count). The molecule has 0 aromatic rings. The predicted octanol–water partition coefficient (Wildman–Crippen LogP) is -0.118. The van der Waals surface area contributed by atoms with Gasteiger partial charge in [0.2, 0.25) is 17.7 Å². The van der Waals surface area contributed by atoms with Crippen LogP contribution < -0.4 is 16.4 Å². The van der Waals surface area contributed by atoms with E-state index in [9.17, 15) is 19.2 Å². The van der Waals surface area contributed by atoms with E-state index in [0.29, 0.717) is 25.8 Å². The first-order valence-corrected chi connectivity index (χ1v) is 8.41. The Bertz CT molecular complexity index is 529. The van der Waals surface area contributed by atoms with Crippen molar-refractivity contribution >= 4 is 23.8 Å². The lowest BCUT2D eigenvalue weighted by atomic mass is 10.1. The molecular formula is C16H28N4O5. The molecule has 4 amide bonds. The maximum atomic E-state index is 12.5. The summed E-state index contributed by atoms with van der Waals surface area (Å²) in [6.45, 7) is 7.15. The summed E-state index contributed by atoms with van der Waals surface area (Å²) in [5.41, 5.74) is 4.37. The highest BCUT2D eigenvalue weighted by Crippen LogP contribution is 2.19. The number of hydrogen-bond donors (Lipinski definition) is 3. The minimum absolute atomic E-state index is 0.277. The van der Waals surface area contributed by atoms with Crippen molar-refractivity contribution in [2.45, 2.75) is 64.6 Å². The normalized spacial score (nSPS) is 18.6. The van der Waals surface area contributed by atoms with Crippen molar-refractivity contribution in [1.82, 2.24) is 15.5 Å². The maximum absolute atomic E-state index is 12.5. The number of rotatable bonds is 7. The van der Waals surface area contributed by atoms with Gasteiger partial charge in [0.15, 0.2) is 0 Å². The van der Waals surface area contributed by atoms with Crippen molar-refractivity contribution in [2.75, 3.05) is 13.1 Å². The lowest BCUT2D eigenvalue weighted by Crippen LogP contribution is -2.51. The van der Waals surface area contributed by atoms with E-state index < -0.39 is 35.6 Å². The van der Waals surface area contributed by atoms with Gasteiger partial charge in [-0.1, -0.05) is 13.3 Å². The zero-order valence-electron chi connectivity index (χ0n) is 15.3. The summed E-state index contributed by atoms with van der Waals surface area (Å²) in [6.07, 6.45) is 0.859. The Balaban J connectivity index is 2.71. The minimum Gasteiger partial charge on any atom is -0.444 e. The van der Waals surface area contributed by atoms with Crippen LogP contribution in [0.15, 0.2) is 0 Å². The summed E-state index contributed by atoms with van der Waals surface area (Å²) in [6, 6.07) is -1.42. The molecule has 2 atom stereocenters. The van der Waals surface area contributed by atoms with Crippen LogP contribution in [0.25, 0.3) is 0 Å². The number of nitrogens with one attached hydrogen (secondary N) is 2. The van der Waals surface area contributed by atoms with Gasteiger partial charge < -0.3 is 26.0 Å². The molecule has 1 saturated heterocycles. The molecule has 1 aliphatic heterocycles. The molecule has 1 aliphatic rings. The first kappa shape index (κ1) is 20.7. The molecule has 0 radical (unpaired) electrons. The van der Waals surface area contributed by atoms with Crippen molar-refractivity contribution in [3.8, 4) is 0 Å². The van der Waals surface area contributed by atoms with E-state index in [-0.39, 0.29) is 12.5 Å². The quantitative estimate of drug-likeness (QED) is 0.585. The van der Waals surface area contributed by atoms with Crippen LogP contribution in [-0.4, -0.2) is 59.5 Å². The Labute approximate surface area is 147 Å². The monoisotopic (exact) mass is 356 g/mol. The van der Waals surface area contributed by atoms with Crippen molar-refractivity contribution in [3.63, 3.8) is 0 Å². The van der Waals surface area contributed by atoms with Crippen molar-refractivity contribution in [1.29, 1.82) is 0 Å².